The zero-order valence-electron chi connectivity index (χ0n) is 13.8. The molecule has 0 saturated heterocycles. The number of imide groups is 1. The number of hydrogen-bond donors (Lipinski definition) is 2. The van der Waals surface area contributed by atoms with E-state index in [1.165, 1.54) is 0 Å². The molecule has 2 aromatic carbocycles. The second-order valence-electron chi connectivity index (χ2n) is 5.13. The smallest absolute Gasteiger partial charge is 0.321 e. The summed E-state index contributed by atoms with van der Waals surface area (Å²) in [7, 11) is 0. The fraction of sp³-hybridized carbons (Fsp3) is 0.176. The van der Waals surface area contributed by atoms with Crippen LogP contribution in [0, 0.1) is 15.9 Å². The molecule has 0 radical (unpaired) electrons. The van der Waals surface area contributed by atoms with Gasteiger partial charge in [-0.3, -0.25) is 20.2 Å². The molecule has 0 heterocycles. The van der Waals surface area contributed by atoms with E-state index in [0.29, 0.717) is 12.1 Å². The van der Waals surface area contributed by atoms with E-state index < -0.39 is 40.2 Å². The van der Waals surface area contributed by atoms with E-state index in [-0.39, 0.29) is 0 Å². The van der Waals surface area contributed by atoms with Crippen molar-refractivity contribution >= 4 is 17.6 Å². The third kappa shape index (κ3) is 4.76. The van der Waals surface area contributed by atoms with Gasteiger partial charge in [0.25, 0.3) is 5.91 Å². The van der Waals surface area contributed by atoms with Crippen molar-refractivity contribution < 1.29 is 23.6 Å². The van der Waals surface area contributed by atoms with Crippen molar-refractivity contribution in [2.75, 3.05) is 6.54 Å². The van der Waals surface area contributed by atoms with Gasteiger partial charge in [-0.25, -0.2) is 9.18 Å². The van der Waals surface area contributed by atoms with Crippen LogP contribution in [0.3, 0.4) is 0 Å². The maximum atomic E-state index is 13.5. The molecule has 3 amide bonds. The lowest BCUT2D eigenvalue weighted by molar-refractivity contribution is -0.386. The van der Waals surface area contributed by atoms with Crippen molar-refractivity contribution in [3.05, 3.63) is 70.0 Å². The SMILES string of the molecule is CCNC(=O)NC(=O)[C@@H](Oc1cc(F)ccc1[N+](=O)[O-])c1ccccc1. The number of carbonyl (C=O) groups excluding carboxylic acids is 2. The van der Waals surface area contributed by atoms with E-state index in [9.17, 15) is 24.1 Å². The van der Waals surface area contributed by atoms with Crippen LogP contribution in [0.2, 0.25) is 0 Å². The first-order valence-corrected chi connectivity index (χ1v) is 7.66. The summed E-state index contributed by atoms with van der Waals surface area (Å²) in [4.78, 5) is 34.4. The van der Waals surface area contributed by atoms with Gasteiger partial charge in [-0.1, -0.05) is 30.3 Å². The molecule has 0 spiro atoms. The minimum Gasteiger partial charge on any atom is -0.468 e. The first-order valence-electron chi connectivity index (χ1n) is 7.66. The summed E-state index contributed by atoms with van der Waals surface area (Å²) < 4.78 is 18.9. The van der Waals surface area contributed by atoms with Crippen molar-refractivity contribution in [3.63, 3.8) is 0 Å². The topological polar surface area (TPSA) is 111 Å². The van der Waals surface area contributed by atoms with Crippen molar-refractivity contribution in [1.29, 1.82) is 0 Å². The van der Waals surface area contributed by atoms with Gasteiger partial charge in [-0.15, -0.1) is 0 Å². The van der Waals surface area contributed by atoms with Crippen molar-refractivity contribution in [2.45, 2.75) is 13.0 Å². The van der Waals surface area contributed by atoms with E-state index >= 15 is 0 Å². The molecule has 0 aliphatic carbocycles. The molecular weight excluding hydrogens is 345 g/mol. The fourth-order valence-corrected chi connectivity index (χ4v) is 2.14. The summed E-state index contributed by atoms with van der Waals surface area (Å²) in [6, 6.07) is 9.98. The maximum Gasteiger partial charge on any atom is 0.321 e. The van der Waals surface area contributed by atoms with E-state index in [4.69, 9.17) is 4.74 Å². The number of ether oxygens (including phenoxy) is 1. The highest BCUT2D eigenvalue weighted by Crippen LogP contribution is 2.32. The third-order valence-corrected chi connectivity index (χ3v) is 3.28. The van der Waals surface area contributed by atoms with Gasteiger partial charge in [0.2, 0.25) is 11.9 Å². The highest BCUT2D eigenvalue weighted by molar-refractivity contribution is 5.97. The Hall–Kier alpha value is -3.49. The number of benzene rings is 2. The van der Waals surface area contributed by atoms with Gasteiger partial charge >= 0.3 is 11.7 Å². The molecule has 0 aliphatic heterocycles. The molecule has 0 fully saturated rings. The van der Waals surface area contributed by atoms with Crippen LogP contribution in [0.15, 0.2) is 48.5 Å². The normalized spacial score (nSPS) is 11.3. The van der Waals surface area contributed by atoms with Gasteiger partial charge < -0.3 is 10.1 Å². The monoisotopic (exact) mass is 361 g/mol. The average Bonchev–Trinajstić information content (AvgIpc) is 2.60. The van der Waals surface area contributed by atoms with E-state index in [2.05, 4.69) is 10.6 Å². The third-order valence-electron chi connectivity index (χ3n) is 3.28. The fourth-order valence-electron chi connectivity index (χ4n) is 2.14. The number of urea groups is 1. The van der Waals surface area contributed by atoms with Gasteiger partial charge in [0.15, 0.2) is 0 Å². The first-order chi connectivity index (χ1) is 12.4. The summed E-state index contributed by atoms with van der Waals surface area (Å²) in [6.07, 6.45) is -1.39. The molecular formula is C17H16FN3O5. The van der Waals surface area contributed by atoms with Gasteiger partial charge in [0.05, 0.1) is 4.92 Å². The van der Waals surface area contributed by atoms with Crippen LogP contribution in [0.1, 0.15) is 18.6 Å². The standard InChI is InChI=1S/C17H16FN3O5/c1-2-19-17(23)20-16(22)15(11-6-4-3-5-7-11)26-14-10-12(18)8-9-13(14)21(24)25/h3-10,15H,2H2,1H3,(H2,19,20,22,23)/t15-/m0/s1. The molecule has 0 saturated carbocycles. The number of carbonyl (C=O) groups is 2. The second-order valence-corrected chi connectivity index (χ2v) is 5.13. The van der Waals surface area contributed by atoms with Crippen LogP contribution in [0.25, 0.3) is 0 Å². The molecule has 0 unspecified atom stereocenters. The Balaban J connectivity index is 2.37. The molecule has 9 heteroatoms. The first kappa shape index (κ1) is 18.8. The number of halogens is 1. The highest BCUT2D eigenvalue weighted by Gasteiger charge is 2.28. The van der Waals surface area contributed by atoms with Crippen LogP contribution in [0.5, 0.6) is 5.75 Å². The van der Waals surface area contributed by atoms with Crippen molar-refractivity contribution in [1.82, 2.24) is 10.6 Å². The lowest BCUT2D eigenvalue weighted by Gasteiger charge is -2.18. The number of nitro groups is 1. The molecule has 0 bridgehead atoms. The van der Waals surface area contributed by atoms with Crippen molar-refractivity contribution in [3.8, 4) is 5.75 Å². The molecule has 2 N–H and O–H groups in total. The van der Waals surface area contributed by atoms with Gasteiger partial charge in [0, 0.05) is 24.2 Å². The molecule has 0 aromatic heterocycles. The van der Waals surface area contributed by atoms with E-state index in [1.54, 1.807) is 37.3 Å². The molecule has 1 atom stereocenters. The van der Waals surface area contributed by atoms with Gasteiger partial charge in [-0.2, -0.15) is 0 Å². The molecule has 0 aliphatic rings. The van der Waals surface area contributed by atoms with E-state index in [0.717, 1.165) is 18.2 Å². The van der Waals surface area contributed by atoms with Crippen LogP contribution in [-0.4, -0.2) is 23.4 Å². The Morgan fingerprint density at radius 2 is 1.92 bits per heavy atom. The summed E-state index contributed by atoms with van der Waals surface area (Å²) in [6.45, 7) is 1.97. The predicted octanol–water partition coefficient (Wildman–Crippen LogP) is 2.70. The van der Waals surface area contributed by atoms with Crippen molar-refractivity contribution in [2.24, 2.45) is 0 Å². The lowest BCUT2D eigenvalue weighted by atomic mass is 10.1. The van der Waals surface area contributed by atoms with Gasteiger partial charge in [-0.05, 0) is 13.0 Å². The quantitative estimate of drug-likeness (QED) is 0.607. The number of amides is 3. The predicted molar refractivity (Wildman–Crippen MR) is 90.1 cm³/mol. The minimum atomic E-state index is -1.39. The van der Waals surface area contributed by atoms with Crippen LogP contribution >= 0.6 is 0 Å². The second kappa shape index (κ2) is 8.56. The summed E-state index contributed by atoms with van der Waals surface area (Å²) >= 11 is 0. The number of hydrogen-bond acceptors (Lipinski definition) is 5. The Morgan fingerprint density at radius 3 is 2.54 bits per heavy atom. The minimum absolute atomic E-state index is 0.297. The maximum absolute atomic E-state index is 13.5. The van der Waals surface area contributed by atoms with E-state index in [1.807, 2.05) is 0 Å². The largest absolute Gasteiger partial charge is 0.468 e. The average molecular weight is 361 g/mol. The number of nitrogens with zero attached hydrogens (tertiary/aromatic N) is 1. The summed E-state index contributed by atoms with van der Waals surface area (Å²) in [5.74, 6) is -2.03. The van der Waals surface area contributed by atoms with Crippen LogP contribution < -0.4 is 15.4 Å². The molecule has 2 rings (SSSR count). The highest BCUT2D eigenvalue weighted by atomic mass is 19.1. The number of rotatable bonds is 6. The van der Waals surface area contributed by atoms with Crippen LogP contribution in [0.4, 0.5) is 14.9 Å². The molecule has 8 nitrogen and oxygen atoms in total. The number of nitrogens with one attached hydrogen (secondary N) is 2. The molecule has 26 heavy (non-hydrogen) atoms. The Labute approximate surface area is 148 Å². The molecule has 136 valence electrons. The Kier molecular flexibility index (Phi) is 6.20. The number of nitro benzene ring substituents is 1. The zero-order valence-corrected chi connectivity index (χ0v) is 13.8. The zero-order chi connectivity index (χ0) is 19.1. The molecule has 2 aromatic rings. The van der Waals surface area contributed by atoms with Gasteiger partial charge in [0.1, 0.15) is 5.82 Å². The lowest BCUT2D eigenvalue weighted by Crippen LogP contribution is -2.42. The Morgan fingerprint density at radius 1 is 1.23 bits per heavy atom. The summed E-state index contributed by atoms with van der Waals surface area (Å²) in [5.41, 5.74) is -0.161. The van der Waals surface area contributed by atoms with Crippen LogP contribution in [-0.2, 0) is 4.79 Å². The Bertz CT molecular complexity index is 813. The summed E-state index contributed by atoms with van der Waals surface area (Å²) in [5, 5.41) is 15.6.